The second-order valence-electron chi connectivity index (χ2n) is 6.45. The molecule has 1 aromatic rings. The fourth-order valence-corrected chi connectivity index (χ4v) is 3.79. The van der Waals surface area contributed by atoms with E-state index in [0.29, 0.717) is 41.2 Å². The van der Waals surface area contributed by atoms with Crippen LogP contribution in [-0.4, -0.2) is 36.2 Å². The number of ether oxygens (including phenoxy) is 1. The molecule has 6 heteroatoms. The van der Waals surface area contributed by atoms with E-state index in [2.05, 4.69) is 17.1 Å². The molecule has 0 bridgehead atoms. The van der Waals surface area contributed by atoms with E-state index < -0.39 is 0 Å². The molecule has 3 rings (SSSR count). The highest BCUT2D eigenvalue weighted by Gasteiger charge is 2.30. The Morgan fingerprint density at radius 3 is 3.09 bits per heavy atom. The molecule has 0 radical (unpaired) electrons. The number of halogens is 1. The lowest BCUT2D eigenvalue weighted by molar-refractivity contribution is 0.0912. The maximum Gasteiger partial charge on any atom is 0.256 e. The van der Waals surface area contributed by atoms with Gasteiger partial charge >= 0.3 is 0 Å². The molecule has 126 valence electrons. The second kappa shape index (κ2) is 6.57. The van der Waals surface area contributed by atoms with Crippen molar-refractivity contribution < 1.29 is 9.53 Å². The Morgan fingerprint density at radius 1 is 1.57 bits per heavy atom. The monoisotopic (exact) mass is 337 g/mol. The zero-order valence-electron chi connectivity index (χ0n) is 13.7. The van der Waals surface area contributed by atoms with Crippen molar-refractivity contribution in [2.45, 2.75) is 51.7 Å². The molecule has 2 atom stereocenters. The second-order valence-corrected chi connectivity index (χ2v) is 6.83. The number of carbonyl (C=O) groups excluding carboxylic acids is 1. The zero-order valence-corrected chi connectivity index (χ0v) is 14.4. The van der Waals surface area contributed by atoms with Gasteiger partial charge in [0.15, 0.2) is 0 Å². The number of hydrogen-bond acceptors (Lipinski definition) is 4. The van der Waals surface area contributed by atoms with Crippen LogP contribution in [0.25, 0.3) is 0 Å². The summed E-state index contributed by atoms with van der Waals surface area (Å²) in [5, 5.41) is 3.51. The van der Waals surface area contributed by atoms with E-state index in [1.807, 2.05) is 6.92 Å². The molecule has 2 heterocycles. The van der Waals surface area contributed by atoms with Crippen molar-refractivity contribution in [2.75, 3.05) is 18.9 Å². The van der Waals surface area contributed by atoms with Gasteiger partial charge in [-0.25, -0.2) is 0 Å². The molecule has 0 saturated carbocycles. The summed E-state index contributed by atoms with van der Waals surface area (Å²) in [6, 6.07) is 2.18. The Kier molecular flexibility index (Phi) is 4.69. The third-order valence-electron chi connectivity index (χ3n) is 4.81. The number of nitrogen functional groups attached to an aromatic ring is 1. The van der Waals surface area contributed by atoms with Crippen LogP contribution >= 0.6 is 11.6 Å². The maximum atomic E-state index is 12.6. The molecule has 3 N–H and O–H groups in total. The van der Waals surface area contributed by atoms with Crippen LogP contribution in [0.3, 0.4) is 0 Å². The smallest absolute Gasteiger partial charge is 0.256 e. The Bertz CT molecular complexity index is 620. The number of hydrogen-bond donors (Lipinski definition) is 2. The number of benzene rings is 1. The summed E-state index contributed by atoms with van der Waals surface area (Å²) in [6.07, 6.45) is 4.21. The first-order valence-corrected chi connectivity index (χ1v) is 8.68. The number of anilines is 1. The quantitative estimate of drug-likeness (QED) is 0.829. The van der Waals surface area contributed by atoms with Gasteiger partial charge in [-0.1, -0.05) is 18.5 Å². The number of carbonyl (C=O) groups is 1. The zero-order chi connectivity index (χ0) is 16.6. The van der Waals surface area contributed by atoms with Crippen LogP contribution < -0.4 is 15.8 Å². The molecule has 2 unspecified atom stereocenters. The predicted molar refractivity (Wildman–Crippen MR) is 92.0 cm³/mol. The highest BCUT2D eigenvalue weighted by Crippen LogP contribution is 2.40. The minimum atomic E-state index is -0.152. The van der Waals surface area contributed by atoms with Crippen LogP contribution in [0.15, 0.2) is 6.07 Å². The van der Waals surface area contributed by atoms with Crippen LogP contribution in [-0.2, 0) is 6.42 Å². The van der Waals surface area contributed by atoms with Crippen molar-refractivity contribution >= 4 is 23.2 Å². The standard InChI is InChI=1S/C17H24ClN3O2/c1-3-11-5-4-6-21(11)9-20-17(22)13-8-14(19)15(18)12-7-10(2)23-16(12)13/h8,10-11H,3-7,9,19H2,1-2H3,(H,20,22). The number of likely N-dealkylation sites (tertiary alicyclic amines) is 1. The van der Waals surface area contributed by atoms with E-state index in [0.717, 1.165) is 18.5 Å². The first kappa shape index (κ1) is 16.4. The Balaban J connectivity index is 1.76. The van der Waals surface area contributed by atoms with Crippen LogP contribution in [0.5, 0.6) is 5.75 Å². The van der Waals surface area contributed by atoms with Gasteiger partial charge in [0, 0.05) is 24.6 Å². The largest absolute Gasteiger partial charge is 0.489 e. The molecular formula is C17H24ClN3O2. The Labute approximate surface area is 142 Å². The lowest BCUT2D eigenvalue weighted by Gasteiger charge is -2.23. The third-order valence-corrected chi connectivity index (χ3v) is 5.25. The molecule has 0 aliphatic carbocycles. The van der Waals surface area contributed by atoms with Crippen molar-refractivity contribution in [2.24, 2.45) is 0 Å². The number of nitrogens with two attached hydrogens (primary N) is 1. The van der Waals surface area contributed by atoms with Crippen LogP contribution in [0.2, 0.25) is 5.02 Å². The van der Waals surface area contributed by atoms with Crippen LogP contribution in [0.1, 0.15) is 49.0 Å². The normalized spacial score (nSPS) is 23.6. The molecule has 2 aliphatic heterocycles. The van der Waals surface area contributed by atoms with E-state index >= 15 is 0 Å². The molecule has 23 heavy (non-hydrogen) atoms. The Morgan fingerprint density at radius 2 is 2.35 bits per heavy atom. The summed E-state index contributed by atoms with van der Waals surface area (Å²) in [4.78, 5) is 14.9. The van der Waals surface area contributed by atoms with Gasteiger partial charge in [-0.15, -0.1) is 0 Å². The van der Waals surface area contributed by atoms with Crippen molar-refractivity contribution in [1.29, 1.82) is 0 Å². The summed E-state index contributed by atoms with van der Waals surface area (Å²) in [7, 11) is 0. The van der Waals surface area contributed by atoms with E-state index in [9.17, 15) is 4.79 Å². The van der Waals surface area contributed by atoms with Gasteiger partial charge in [0.1, 0.15) is 11.9 Å². The summed E-state index contributed by atoms with van der Waals surface area (Å²) >= 11 is 6.25. The summed E-state index contributed by atoms with van der Waals surface area (Å²) in [5.74, 6) is 0.433. The van der Waals surface area contributed by atoms with Gasteiger partial charge < -0.3 is 15.8 Å². The van der Waals surface area contributed by atoms with Gasteiger partial charge in [0.25, 0.3) is 5.91 Å². The summed E-state index contributed by atoms with van der Waals surface area (Å²) in [6.45, 7) is 5.74. The van der Waals surface area contributed by atoms with Gasteiger partial charge in [-0.05, 0) is 32.3 Å². The minimum absolute atomic E-state index is 0.0129. The summed E-state index contributed by atoms with van der Waals surface area (Å²) in [5.41, 5.74) is 7.72. The van der Waals surface area contributed by atoms with E-state index in [-0.39, 0.29) is 12.0 Å². The number of fused-ring (bicyclic) bond motifs is 1. The maximum absolute atomic E-state index is 12.6. The Hall–Kier alpha value is -1.46. The van der Waals surface area contributed by atoms with E-state index in [4.69, 9.17) is 22.1 Å². The number of nitrogens with one attached hydrogen (secondary N) is 1. The van der Waals surface area contributed by atoms with Crippen molar-refractivity contribution in [3.05, 3.63) is 22.2 Å². The van der Waals surface area contributed by atoms with Crippen LogP contribution in [0.4, 0.5) is 5.69 Å². The molecule has 0 aromatic heterocycles. The molecular weight excluding hydrogens is 314 g/mol. The first-order valence-electron chi connectivity index (χ1n) is 8.31. The average molecular weight is 338 g/mol. The van der Waals surface area contributed by atoms with Gasteiger partial charge in [0.2, 0.25) is 0 Å². The molecule has 1 fully saturated rings. The van der Waals surface area contributed by atoms with E-state index in [1.165, 1.54) is 12.8 Å². The fraction of sp³-hybridized carbons (Fsp3) is 0.588. The highest BCUT2D eigenvalue weighted by molar-refractivity contribution is 6.34. The average Bonchev–Trinajstić information content (AvgIpc) is 3.14. The fourth-order valence-electron chi connectivity index (χ4n) is 3.57. The van der Waals surface area contributed by atoms with Gasteiger partial charge in [-0.3, -0.25) is 9.69 Å². The molecule has 1 saturated heterocycles. The van der Waals surface area contributed by atoms with Gasteiger partial charge in [-0.2, -0.15) is 0 Å². The lowest BCUT2D eigenvalue weighted by atomic mass is 10.0. The molecule has 1 aromatic carbocycles. The molecule has 1 amide bonds. The summed E-state index contributed by atoms with van der Waals surface area (Å²) < 4.78 is 5.79. The highest BCUT2D eigenvalue weighted by atomic mass is 35.5. The van der Waals surface area contributed by atoms with Crippen LogP contribution in [0, 0.1) is 0 Å². The van der Waals surface area contributed by atoms with Crippen molar-refractivity contribution in [1.82, 2.24) is 10.2 Å². The number of rotatable bonds is 4. The lowest BCUT2D eigenvalue weighted by Crippen LogP contribution is -2.40. The topological polar surface area (TPSA) is 67.6 Å². The van der Waals surface area contributed by atoms with Gasteiger partial charge in [0.05, 0.1) is 22.9 Å². The van der Waals surface area contributed by atoms with E-state index in [1.54, 1.807) is 6.07 Å². The third kappa shape index (κ3) is 3.12. The predicted octanol–water partition coefficient (Wildman–Crippen LogP) is 2.81. The SMILES string of the molecule is CCC1CCCN1CNC(=O)c1cc(N)c(Cl)c2c1OC(C)C2. The molecule has 0 spiro atoms. The van der Waals surface area contributed by atoms with Crippen molar-refractivity contribution in [3.8, 4) is 5.75 Å². The molecule has 5 nitrogen and oxygen atoms in total. The minimum Gasteiger partial charge on any atom is -0.489 e. The first-order chi connectivity index (χ1) is 11.0. The van der Waals surface area contributed by atoms with Crippen molar-refractivity contribution in [3.63, 3.8) is 0 Å². The number of amides is 1. The number of nitrogens with zero attached hydrogens (tertiary/aromatic N) is 1. The molecule has 2 aliphatic rings.